The molecular weight excluding hydrogens is 394 g/mol. The van der Waals surface area contributed by atoms with E-state index < -0.39 is 6.04 Å². The molecule has 0 fully saturated rings. The molecule has 0 radical (unpaired) electrons. The normalized spacial score (nSPS) is 14.7. The van der Waals surface area contributed by atoms with Crippen LogP contribution in [0.2, 0.25) is 0 Å². The second kappa shape index (κ2) is 7.86. The largest absolute Gasteiger partial charge is 0.494 e. The quantitative estimate of drug-likeness (QED) is 0.456. The molecule has 0 bridgehead atoms. The van der Waals surface area contributed by atoms with Crippen molar-refractivity contribution in [2.75, 3.05) is 11.9 Å². The molecule has 0 unspecified atom stereocenters. The Morgan fingerprint density at radius 2 is 1.90 bits per heavy atom. The van der Waals surface area contributed by atoms with Gasteiger partial charge >= 0.3 is 0 Å². The van der Waals surface area contributed by atoms with Gasteiger partial charge in [-0.3, -0.25) is 4.79 Å². The number of nitrogens with zero attached hydrogens (tertiary/aromatic N) is 5. The lowest BCUT2D eigenvalue weighted by molar-refractivity contribution is 0.340. The highest BCUT2D eigenvalue weighted by Gasteiger charge is 2.33. The second-order valence-electron chi connectivity index (χ2n) is 6.95. The Balaban J connectivity index is 1.66. The van der Waals surface area contributed by atoms with E-state index in [2.05, 4.69) is 31.0 Å². The average molecular weight is 413 g/mol. The van der Waals surface area contributed by atoms with Gasteiger partial charge < -0.3 is 10.1 Å². The number of H-pyrrole nitrogens is 1. The van der Waals surface area contributed by atoms with Gasteiger partial charge in [-0.1, -0.05) is 53.6 Å². The Kier molecular flexibility index (Phi) is 4.75. The van der Waals surface area contributed by atoms with Crippen molar-refractivity contribution in [3.05, 3.63) is 87.3 Å². The highest BCUT2D eigenvalue weighted by Crippen LogP contribution is 2.38. The van der Waals surface area contributed by atoms with Crippen LogP contribution in [0.3, 0.4) is 0 Å². The average Bonchev–Trinajstić information content (AvgIpc) is 3.27. The van der Waals surface area contributed by atoms with Gasteiger partial charge in [0.15, 0.2) is 0 Å². The maximum atomic E-state index is 12.6. The van der Waals surface area contributed by atoms with E-state index in [1.165, 1.54) is 0 Å². The van der Waals surface area contributed by atoms with E-state index in [1.807, 2.05) is 73.7 Å². The number of anilines is 2. The fourth-order valence-electron chi connectivity index (χ4n) is 3.65. The van der Waals surface area contributed by atoms with E-state index in [0.29, 0.717) is 29.5 Å². The van der Waals surface area contributed by atoms with Crippen LogP contribution in [0.1, 0.15) is 35.3 Å². The van der Waals surface area contributed by atoms with E-state index in [1.54, 1.807) is 4.68 Å². The van der Waals surface area contributed by atoms with Gasteiger partial charge in [0, 0.05) is 5.56 Å². The Morgan fingerprint density at radius 1 is 1.10 bits per heavy atom. The van der Waals surface area contributed by atoms with Crippen molar-refractivity contribution in [1.82, 2.24) is 30.4 Å². The third kappa shape index (κ3) is 3.46. The molecule has 4 aromatic rings. The number of benzene rings is 2. The summed E-state index contributed by atoms with van der Waals surface area (Å²) in [7, 11) is 0. The highest BCUT2D eigenvalue weighted by molar-refractivity contribution is 5.75. The molecule has 0 amide bonds. The van der Waals surface area contributed by atoms with Crippen molar-refractivity contribution in [3.63, 3.8) is 0 Å². The molecule has 1 aliphatic rings. The smallest absolute Gasteiger partial charge is 0.288 e. The molecule has 1 atom stereocenters. The number of fused-ring (bicyclic) bond motifs is 2. The molecule has 154 valence electrons. The van der Waals surface area contributed by atoms with Crippen molar-refractivity contribution in [2.24, 2.45) is 0 Å². The van der Waals surface area contributed by atoms with Gasteiger partial charge in [0.1, 0.15) is 17.5 Å². The molecule has 0 saturated carbocycles. The number of ether oxygens (including phenoxy) is 1. The number of tetrazole rings is 1. The van der Waals surface area contributed by atoms with Crippen LogP contribution >= 0.6 is 0 Å². The molecule has 0 aliphatic carbocycles. The number of nitrogens with one attached hydrogen (secondary N) is 2. The molecular formula is C22H19N7O2. The van der Waals surface area contributed by atoms with E-state index >= 15 is 0 Å². The number of hydrogen-bond acceptors (Lipinski definition) is 7. The molecule has 31 heavy (non-hydrogen) atoms. The Labute approximate surface area is 177 Å². The van der Waals surface area contributed by atoms with Crippen LogP contribution < -0.4 is 15.6 Å². The van der Waals surface area contributed by atoms with Crippen LogP contribution in [0.25, 0.3) is 12.2 Å². The fourth-order valence-corrected chi connectivity index (χ4v) is 3.65. The predicted octanol–water partition coefficient (Wildman–Crippen LogP) is 3.02. The molecule has 9 nitrogen and oxygen atoms in total. The van der Waals surface area contributed by atoms with E-state index in [-0.39, 0.29) is 5.56 Å². The fraction of sp³-hybridized carbons (Fsp3) is 0.136. The third-order valence-corrected chi connectivity index (χ3v) is 5.04. The first-order chi connectivity index (χ1) is 15.2. The Morgan fingerprint density at radius 3 is 2.68 bits per heavy atom. The summed E-state index contributed by atoms with van der Waals surface area (Å²) in [6.45, 7) is 2.52. The van der Waals surface area contributed by atoms with Crippen LogP contribution in [-0.4, -0.2) is 37.0 Å². The lowest BCUT2D eigenvalue weighted by atomic mass is 9.94. The predicted molar refractivity (Wildman–Crippen MR) is 116 cm³/mol. The maximum Gasteiger partial charge on any atom is 0.288 e. The summed E-state index contributed by atoms with van der Waals surface area (Å²) in [5, 5.41) is 21.9. The molecule has 1 aliphatic heterocycles. The minimum Gasteiger partial charge on any atom is -0.494 e. The van der Waals surface area contributed by atoms with Gasteiger partial charge in [0.05, 0.1) is 12.3 Å². The zero-order valence-corrected chi connectivity index (χ0v) is 16.7. The van der Waals surface area contributed by atoms with Crippen LogP contribution in [0.15, 0.2) is 59.4 Å². The van der Waals surface area contributed by atoms with Gasteiger partial charge in [-0.05, 0) is 46.7 Å². The van der Waals surface area contributed by atoms with Crippen LogP contribution in [0.5, 0.6) is 5.75 Å². The lowest BCUT2D eigenvalue weighted by Gasteiger charge is -2.27. The second-order valence-corrected chi connectivity index (χ2v) is 6.95. The topological polar surface area (TPSA) is 111 Å². The third-order valence-electron chi connectivity index (χ3n) is 5.04. The molecule has 0 saturated heterocycles. The first-order valence-corrected chi connectivity index (χ1v) is 9.88. The van der Waals surface area contributed by atoms with Gasteiger partial charge in [-0.15, -0.1) is 0 Å². The zero-order valence-electron chi connectivity index (χ0n) is 16.7. The summed E-state index contributed by atoms with van der Waals surface area (Å²) in [4.78, 5) is 12.6. The summed E-state index contributed by atoms with van der Waals surface area (Å²) in [6.07, 6.45) is 3.83. The van der Waals surface area contributed by atoms with Crippen LogP contribution in [0.4, 0.5) is 11.6 Å². The Bertz CT molecular complexity index is 1290. The van der Waals surface area contributed by atoms with Crippen molar-refractivity contribution in [3.8, 4) is 5.75 Å². The molecule has 5 rings (SSSR count). The van der Waals surface area contributed by atoms with Crippen molar-refractivity contribution >= 4 is 23.8 Å². The minimum atomic E-state index is -0.429. The number of rotatable bonds is 5. The van der Waals surface area contributed by atoms with E-state index in [4.69, 9.17) is 4.74 Å². The van der Waals surface area contributed by atoms with Crippen molar-refractivity contribution in [1.29, 1.82) is 0 Å². The molecule has 2 N–H and O–H groups in total. The molecule has 2 aromatic carbocycles. The molecule has 0 spiro atoms. The highest BCUT2D eigenvalue weighted by atomic mass is 16.5. The Hall–Kier alpha value is -4.27. The summed E-state index contributed by atoms with van der Waals surface area (Å²) in [6, 6.07) is 17.1. The van der Waals surface area contributed by atoms with E-state index in [0.717, 1.165) is 16.9 Å². The van der Waals surface area contributed by atoms with Crippen molar-refractivity contribution in [2.45, 2.75) is 13.0 Å². The SMILES string of the molecule is CCOc1ccc([C@@H]2c3c(/C=C/c4ccccc4)n[nH]c(=O)c3Nc3nnnn32)cc1. The summed E-state index contributed by atoms with van der Waals surface area (Å²) in [5.74, 6) is 1.16. The molecule has 2 aromatic heterocycles. The number of hydrogen-bond donors (Lipinski definition) is 2. The van der Waals surface area contributed by atoms with E-state index in [9.17, 15) is 4.79 Å². The molecule has 9 heteroatoms. The summed E-state index contributed by atoms with van der Waals surface area (Å²) in [5.41, 5.74) is 3.28. The zero-order chi connectivity index (χ0) is 21.2. The first kappa shape index (κ1) is 18.7. The summed E-state index contributed by atoms with van der Waals surface area (Å²) < 4.78 is 7.22. The van der Waals surface area contributed by atoms with Gasteiger partial charge in [-0.25, -0.2) is 5.10 Å². The monoisotopic (exact) mass is 413 g/mol. The van der Waals surface area contributed by atoms with Crippen molar-refractivity contribution < 1.29 is 4.74 Å². The van der Waals surface area contributed by atoms with Crippen LogP contribution in [0, 0.1) is 0 Å². The van der Waals surface area contributed by atoms with Gasteiger partial charge in [0.25, 0.3) is 5.56 Å². The number of aromatic amines is 1. The first-order valence-electron chi connectivity index (χ1n) is 9.88. The molecule has 3 heterocycles. The summed E-state index contributed by atoms with van der Waals surface area (Å²) >= 11 is 0. The standard InChI is InChI=1S/C22H19N7O2/c1-2-31-16-11-9-15(10-12-16)20-18-17(13-8-14-6-4-3-5-7-14)24-25-21(30)19(18)23-22-26-27-28-29(20)22/h3-13,20H,2H2,1H3,(H,25,30)(H,23,26,28)/b13-8+/t20-/m1/s1. The maximum absolute atomic E-state index is 12.6. The van der Waals surface area contributed by atoms with Gasteiger partial charge in [0.2, 0.25) is 5.95 Å². The minimum absolute atomic E-state index is 0.336. The van der Waals surface area contributed by atoms with Crippen LogP contribution in [-0.2, 0) is 0 Å². The number of aromatic nitrogens is 6. The lowest BCUT2D eigenvalue weighted by Crippen LogP contribution is -2.29. The van der Waals surface area contributed by atoms with Gasteiger partial charge in [-0.2, -0.15) is 9.78 Å².